The first-order chi connectivity index (χ1) is 13.7. The van der Waals surface area contributed by atoms with Crippen LogP contribution < -0.4 is 0 Å². The van der Waals surface area contributed by atoms with Gasteiger partial charge in [-0.15, -0.1) is 0 Å². The van der Waals surface area contributed by atoms with Gasteiger partial charge in [0.2, 0.25) is 0 Å². The Morgan fingerprint density at radius 2 is 1.93 bits per heavy atom. The predicted molar refractivity (Wildman–Crippen MR) is 112 cm³/mol. The van der Waals surface area contributed by atoms with Crippen molar-refractivity contribution in [1.29, 1.82) is 5.26 Å². The van der Waals surface area contributed by atoms with E-state index >= 15 is 0 Å². The van der Waals surface area contributed by atoms with Gasteiger partial charge in [0.1, 0.15) is 11.0 Å². The van der Waals surface area contributed by atoms with E-state index < -0.39 is 0 Å². The van der Waals surface area contributed by atoms with Crippen molar-refractivity contribution in [3.8, 4) is 17.2 Å². The molecule has 138 valence electrons. The molecule has 4 rings (SSSR count). The van der Waals surface area contributed by atoms with Crippen molar-refractivity contribution < 1.29 is 0 Å². The second-order valence-corrected chi connectivity index (χ2v) is 7.03. The van der Waals surface area contributed by atoms with Gasteiger partial charge in [0.25, 0.3) is 5.78 Å². The number of nitrogens with one attached hydrogen (secondary N) is 1. The summed E-state index contributed by atoms with van der Waals surface area (Å²) in [7, 11) is 0. The van der Waals surface area contributed by atoms with E-state index in [1.54, 1.807) is 6.33 Å². The van der Waals surface area contributed by atoms with E-state index in [1.165, 1.54) is 0 Å². The summed E-state index contributed by atoms with van der Waals surface area (Å²) in [6.07, 6.45) is 4.26. The predicted octanol–water partition coefficient (Wildman–Crippen LogP) is 4.87. The molecule has 4 aromatic rings. The molecule has 0 fully saturated rings. The molecule has 0 spiro atoms. The standard InChI is InChI=1S/C22H19N5S/c1-2-5-20-19(21(28)26-22-24-14-25-27(20)22)12-15-8-10-16(11-9-15)18-7-4-3-6-17(18)13-23/h3-4,6-11,14H,2,5,12H2,1H3,(H,24,25,26,28). The molecule has 5 nitrogen and oxygen atoms in total. The lowest BCUT2D eigenvalue weighted by molar-refractivity contribution is 0.774. The zero-order chi connectivity index (χ0) is 19.5. The van der Waals surface area contributed by atoms with Crippen molar-refractivity contribution in [2.75, 3.05) is 0 Å². The van der Waals surface area contributed by atoms with E-state index in [-0.39, 0.29) is 0 Å². The van der Waals surface area contributed by atoms with E-state index in [1.807, 2.05) is 28.8 Å². The van der Waals surface area contributed by atoms with E-state index in [0.717, 1.165) is 40.8 Å². The smallest absolute Gasteiger partial charge is 0.251 e. The largest absolute Gasteiger partial charge is 0.281 e. The maximum atomic E-state index is 9.33. The molecule has 0 bridgehead atoms. The third-order valence-corrected chi connectivity index (χ3v) is 5.16. The summed E-state index contributed by atoms with van der Waals surface area (Å²) in [4.78, 5) is 8.70. The maximum absolute atomic E-state index is 9.33. The molecular formula is C22H19N5S. The molecule has 2 aromatic carbocycles. The Kier molecular flexibility index (Phi) is 5.00. The van der Waals surface area contributed by atoms with Crippen molar-refractivity contribution in [3.05, 3.63) is 81.9 Å². The van der Waals surface area contributed by atoms with E-state index in [9.17, 15) is 5.26 Å². The lowest BCUT2D eigenvalue weighted by Gasteiger charge is -2.12. The fourth-order valence-corrected chi connectivity index (χ4v) is 3.74. The van der Waals surface area contributed by atoms with Crippen molar-refractivity contribution in [2.24, 2.45) is 0 Å². The van der Waals surface area contributed by atoms with Gasteiger partial charge in [-0.05, 0) is 29.2 Å². The quantitative estimate of drug-likeness (QED) is 0.498. The Labute approximate surface area is 168 Å². The zero-order valence-corrected chi connectivity index (χ0v) is 16.3. The minimum atomic E-state index is 0.606. The third kappa shape index (κ3) is 3.32. The molecule has 0 aliphatic heterocycles. The highest BCUT2D eigenvalue weighted by Gasteiger charge is 2.13. The highest BCUT2D eigenvalue weighted by molar-refractivity contribution is 7.71. The first-order valence-corrected chi connectivity index (χ1v) is 9.64. The second kappa shape index (κ2) is 7.75. The highest BCUT2D eigenvalue weighted by atomic mass is 32.1. The van der Waals surface area contributed by atoms with Crippen molar-refractivity contribution in [3.63, 3.8) is 0 Å². The molecule has 0 aliphatic carbocycles. The summed E-state index contributed by atoms with van der Waals surface area (Å²) in [5, 5.41) is 12.5. The molecule has 28 heavy (non-hydrogen) atoms. The summed E-state index contributed by atoms with van der Waals surface area (Å²) in [6, 6.07) is 18.2. The number of hydrogen-bond donors (Lipinski definition) is 1. The van der Waals surface area contributed by atoms with Gasteiger partial charge in [0.15, 0.2) is 0 Å². The number of aromatic amines is 1. The summed E-state index contributed by atoms with van der Waals surface area (Å²) in [5.74, 6) is 0.612. The minimum Gasteiger partial charge on any atom is -0.281 e. The van der Waals surface area contributed by atoms with Gasteiger partial charge in [-0.25, -0.2) is 9.50 Å². The van der Waals surface area contributed by atoms with Crippen LogP contribution in [0.15, 0.2) is 54.9 Å². The molecule has 2 heterocycles. The van der Waals surface area contributed by atoms with E-state index in [0.29, 0.717) is 22.4 Å². The van der Waals surface area contributed by atoms with E-state index in [2.05, 4.69) is 52.3 Å². The van der Waals surface area contributed by atoms with Crippen LogP contribution in [0.4, 0.5) is 0 Å². The fourth-order valence-electron chi connectivity index (χ4n) is 3.47. The van der Waals surface area contributed by atoms with Crippen molar-refractivity contribution >= 4 is 18.0 Å². The summed E-state index contributed by atoms with van der Waals surface area (Å²) < 4.78 is 2.53. The highest BCUT2D eigenvalue weighted by Crippen LogP contribution is 2.25. The molecule has 0 aliphatic rings. The summed E-state index contributed by atoms with van der Waals surface area (Å²) in [5.41, 5.74) is 6.01. The Morgan fingerprint density at radius 3 is 2.68 bits per heavy atom. The van der Waals surface area contributed by atoms with Crippen LogP contribution in [0.2, 0.25) is 0 Å². The number of nitrogens with zero attached hydrogens (tertiary/aromatic N) is 4. The zero-order valence-electron chi connectivity index (χ0n) is 15.5. The van der Waals surface area contributed by atoms with Crippen molar-refractivity contribution in [1.82, 2.24) is 19.6 Å². The van der Waals surface area contributed by atoms with Crippen LogP contribution in [0.25, 0.3) is 16.9 Å². The van der Waals surface area contributed by atoms with Gasteiger partial charge in [0, 0.05) is 12.0 Å². The average molecular weight is 385 g/mol. The number of nitriles is 1. The molecule has 0 unspecified atom stereocenters. The summed E-state index contributed by atoms with van der Waals surface area (Å²) in [6.45, 7) is 2.15. The van der Waals surface area contributed by atoms with Crippen LogP contribution in [0.3, 0.4) is 0 Å². The van der Waals surface area contributed by atoms with Crippen LogP contribution in [0.5, 0.6) is 0 Å². The number of aromatic nitrogens is 4. The molecule has 1 N–H and O–H groups in total. The Bertz CT molecular complexity index is 1230. The molecule has 0 radical (unpaired) electrons. The SMILES string of the molecule is CCCc1c(Cc2ccc(-c3ccccc3C#N)cc2)c(=S)nc2nc[nH]n12. The second-order valence-electron chi connectivity index (χ2n) is 6.65. The van der Waals surface area contributed by atoms with Gasteiger partial charge < -0.3 is 0 Å². The summed E-state index contributed by atoms with van der Waals surface area (Å²) >= 11 is 5.57. The lowest BCUT2D eigenvalue weighted by Crippen LogP contribution is -2.08. The van der Waals surface area contributed by atoms with Gasteiger partial charge in [0.05, 0.1) is 17.3 Å². The van der Waals surface area contributed by atoms with Crippen LogP contribution in [0.1, 0.15) is 35.7 Å². The van der Waals surface area contributed by atoms with Crippen LogP contribution in [-0.4, -0.2) is 19.6 Å². The molecule has 0 atom stereocenters. The monoisotopic (exact) mass is 385 g/mol. The minimum absolute atomic E-state index is 0.606. The van der Waals surface area contributed by atoms with Crippen LogP contribution >= 0.6 is 12.2 Å². The van der Waals surface area contributed by atoms with E-state index in [4.69, 9.17) is 12.2 Å². The average Bonchev–Trinajstić information content (AvgIpc) is 3.19. The van der Waals surface area contributed by atoms with Crippen LogP contribution in [-0.2, 0) is 12.8 Å². The number of fused-ring (bicyclic) bond motifs is 1. The van der Waals surface area contributed by atoms with Crippen LogP contribution in [0, 0.1) is 16.0 Å². The van der Waals surface area contributed by atoms with Gasteiger partial charge in [-0.2, -0.15) is 10.2 Å². The molecule has 2 aromatic heterocycles. The first kappa shape index (κ1) is 18.1. The fraction of sp³-hybridized carbons (Fsp3) is 0.182. The Hall–Kier alpha value is -3.30. The Morgan fingerprint density at radius 1 is 1.14 bits per heavy atom. The van der Waals surface area contributed by atoms with Gasteiger partial charge >= 0.3 is 0 Å². The Balaban J connectivity index is 1.71. The number of H-pyrrole nitrogens is 1. The maximum Gasteiger partial charge on any atom is 0.251 e. The molecule has 0 saturated carbocycles. The number of benzene rings is 2. The van der Waals surface area contributed by atoms with Gasteiger partial charge in [-0.1, -0.05) is 68.0 Å². The lowest BCUT2D eigenvalue weighted by atomic mass is 9.97. The normalized spacial score (nSPS) is 10.9. The molecule has 6 heteroatoms. The number of hydrogen-bond acceptors (Lipinski definition) is 4. The third-order valence-electron chi connectivity index (χ3n) is 4.82. The number of rotatable bonds is 5. The first-order valence-electron chi connectivity index (χ1n) is 9.23. The molecule has 0 amide bonds. The topological polar surface area (TPSA) is 69.8 Å². The molecule has 0 saturated heterocycles. The number of aryl methyl sites for hydroxylation is 1. The van der Waals surface area contributed by atoms with Crippen molar-refractivity contribution in [2.45, 2.75) is 26.2 Å². The van der Waals surface area contributed by atoms with Gasteiger partial charge in [-0.3, -0.25) is 5.10 Å². The molecular weight excluding hydrogens is 366 g/mol.